The van der Waals surface area contributed by atoms with Crippen molar-refractivity contribution in [2.75, 3.05) is 13.4 Å². The Balaban J connectivity index is 1.51. The lowest BCUT2D eigenvalue weighted by molar-refractivity contribution is -0.123. The summed E-state index contributed by atoms with van der Waals surface area (Å²) in [4.78, 5) is 11.9. The lowest BCUT2D eigenvalue weighted by Crippen LogP contribution is -2.28. The molecule has 0 aliphatic carbocycles. The number of carbonyl (C=O) groups excluding carboxylic acids is 1. The predicted molar refractivity (Wildman–Crippen MR) is 85.8 cm³/mol. The summed E-state index contributed by atoms with van der Waals surface area (Å²) in [6.07, 6.45) is 0. The quantitative estimate of drug-likeness (QED) is 0.922. The number of carbonyl (C=O) groups is 1. The minimum Gasteiger partial charge on any atom is -0.483 e. The number of rotatable bonds is 5. The molecule has 120 valence electrons. The molecule has 1 aliphatic heterocycles. The average Bonchev–Trinajstić information content (AvgIpc) is 3.01. The molecule has 2 aromatic carbocycles. The number of fused-ring (bicyclic) bond motifs is 1. The molecule has 1 N–H and O–H groups in total. The molecule has 5 heteroatoms. The van der Waals surface area contributed by atoms with E-state index in [4.69, 9.17) is 14.2 Å². The SMILES string of the molecule is Cc1ccc(C)c(OCC(=O)NCc2ccc3c(c2)OCO3)c1. The maximum atomic E-state index is 11.9. The number of hydrogen-bond acceptors (Lipinski definition) is 4. The molecule has 5 nitrogen and oxygen atoms in total. The number of aryl methyl sites for hydroxylation is 2. The van der Waals surface area contributed by atoms with Gasteiger partial charge in [-0.05, 0) is 48.7 Å². The van der Waals surface area contributed by atoms with Crippen LogP contribution in [0.4, 0.5) is 0 Å². The van der Waals surface area contributed by atoms with E-state index in [1.54, 1.807) is 0 Å². The fraction of sp³-hybridized carbons (Fsp3) is 0.278. The molecular weight excluding hydrogens is 294 g/mol. The minimum absolute atomic E-state index is 0.00511. The molecule has 0 aromatic heterocycles. The van der Waals surface area contributed by atoms with Crippen molar-refractivity contribution in [1.29, 1.82) is 0 Å². The van der Waals surface area contributed by atoms with E-state index in [1.807, 2.05) is 50.2 Å². The second-order valence-electron chi connectivity index (χ2n) is 5.52. The highest BCUT2D eigenvalue weighted by Gasteiger charge is 2.13. The zero-order chi connectivity index (χ0) is 16.2. The van der Waals surface area contributed by atoms with Gasteiger partial charge in [-0.2, -0.15) is 0 Å². The first-order valence-electron chi connectivity index (χ1n) is 7.47. The van der Waals surface area contributed by atoms with E-state index in [9.17, 15) is 4.79 Å². The summed E-state index contributed by atoms with van der Waals surface area (Å²) in [6, 6.07) is 11.5. The summed E-state index contributed by atoms with van der Waals surface area (Å²) in [5.74, 6) is 2.02. The van der Waals surface area contributed by atoms with Gasteiger partial charge in [0, 0.05) is 6.54 Å². The number of benzene rings is 2. The molecule has 0 saturated carbocycles. The van der Waals surface area contributed by atoms with Gasteiger partial charge in [0.1, 0.15) is 5.75 Å². The third-order valence-electron chi connectivity index (χ3n) is 3.63. The summed E-state index contributed by atoms with van der Waals surface area (Å²) in [7, 11) is 0. The molecule has 3 rings (SSSR count). The smallest absolute Gasteiger partial charge is 0.258 e. The first-order valence-corrected chi connectivity index (χ1v) is 7.47. The number of nitrogens with one attached hydrogen (secondary N) is 1. The molecule has 0 bridgehead atoms. The fourth-order valence-electron chi connectivity index (χ4n) is 2.31. The number of hydrogen-bond donors (Lipinski definition) is 1. The molecule has 2 aromatic rings. The highest BCUT2D eigenvalue weighted by atomic mass is 16.7. The van der Waals surface area contributed by atoms with Crippen molar-refractivity contribution in [3.63, 3.8) is 0 Å². The van der Waals surface area contributed by atoms with Gasteiger partial charge in [0.25, 0.3) is 5.91 Å². The van der Waals surface area contributed by atoms with E-state index in [0.29, 0.717) is 12.3 Å². The zero-order valence-electron chi connectivity index (χ0n) is 13.2. The van der Waals surface area contributed by atoms with E-state index < -0.39 is 0 Å². The molecule has 23 heavy (non-hydrogen) atoms. The zero-order valence-corrected chi connectivity index (χ0v) is 13.2. The van der Waals surface area contributed by atoms with Gasteiger partial charge in [-0.1, -0.05) is 18.2 Å². The minimum atomic E-state index is -0.163. The highest BCUT2D eigenvalue weighted by molar-refractivity contribution is 5.77. The van der Waals surface area contributed by atoms with Crippen molar-refractivity contribution in [3.8, 4) is 17.2 Å². The summed E-state index contributed by atoms with van der Waals surface area (Å²) >= 11 is 0. The van der Waals surface area contributed by atoms with Crippen LogP contribution in [-0.2, 0) is 11.3 Å². The molecular formula is C18H19NO4. The average molecular weight is 313 g/mol. The Hall–Kier alpha value is -2.69. The third kappa shape index (κ3) is 3.74. The van der Waals surface area contributed by atoms with E-state index in [1.165, 1.54) is 0 Å². The van der Waals surface area contributed by atoms with E-state index in [-0.39, 0.29) is 19.3 Å². The van der Waals surface area contributed by atoms with Crippen molar-refractivity contribution in [2.45, 2.75) is 20.4 Å². The topological polar surface area (TPSA) is 56.8 Å². The molecule has 0 saturated heterocycles. The van der Waals surface area contributed by atoms with Crippen molar-refractivity contribution in [2.24, 2.45) is 0 Å². The molecule has 0 spiro atoms. The largest absolute Gasteiger partial charge is 0.483 e. The van der Waals surface area contributed by atoms with E-state index in [0.717, 1.165) is 28.2 Å². The van der Waals surface area contributed by atoms with Gasteiger partial charge >= 0.3 is 0 Å². The molecule has 1 heterocycles. The summed E-state index contributed by atoms with van der Waals surface area (Å²) in [5, 5.41) is 2.83. The predicted octanol–water partition coefficient (Wildman–Crippen LogP) is 2.73. The van der Waals surface area contributed by atoms with Gasteiger partial charge in [0.15, 0.2) is 18.1 Å². The van der Waals surface area contributed by atoms with Crippen LogP contribution in [0.2, 0.25) is 0 Å². The van der Waals surface area contributed by atoms with Crippen LogP contribution < -0.4 is 19.5 Å². The number of amides is 1. The van der Waals surface area contributed by atoms with E-state index in [2.05, 4.69) is 5.32 Å². The van der Waals surface area contributed by atoms with Crippen molar-refractivity contribution < 1.29 is 19.0 Å². The Bertz CT molecular complexity index is 727. The fourth-order valence-corrected chi connectivity index (χ4v) is 2.31. The second kappa shape index (κ2) is 6.60. The van der Waals surface area contributed by atoms with Crippen molar-refractivity contribution in [1.82, 2.24) is 5.32 Å². The standard InChI is InChI=1S/C18H19NO4/c1-12-3-4-13(2)16(7-12)21-10-18(20)19-9-14-5-6-15-17(8-14)23-11-22-15/h3-8H,9-11H2,1-2H3,(H,19,20). The molecule has 1 amide bonds. The first kappa shape index (κ1) is 15.2. The maximum Gasteiger partial charge on any atom is 0.258 e. The molecule has 0 unspecified atom stereocenters. The van der Waals surface area contributed by atoms with Gasteiger partial charge < -0.3 is 19.5 Å². The lowest BCUT2D eigenvalue weighted by Gasteiger charge is -2.10. The van der Waals surface area contributed by atoms with Crippen LogP contribution in [0.1, 0.15) is 16.7 Å². The summed E-state index contributed by atoms with van der Waals surface area (Å²) in [6.45, 7) is 4.61. The van der Waals surface area contributed by atoms with Gasteiger partial charge in [-0.15, -0.1) is 0 Å². The van der Waals surface area contributed by atoms with Crippen molar-refractivity contribution >= 4 is 5.91 Å². The van der Waals surface area contributed by atoms with Crippen LogP contribution in [0, 0.1) is 13.8 Å². The summed E-state index contributed by atoms with van der Waals surface area (Å²) in [5.41, 5.74) is 3.07. The Morgan fingerprint density at radius 1 is 1.13 bits per heavy atom. The monoisotopic (exact) mass is 313 g/mol. The molecule has 0 fully saturated rings. The van der Waals surface area contributed by atoms with Crippen LogP contribution in [0.3, 0.4) is 0 Å². The normalized spacial score (nSPS) is 12.1. The van der Waals surface area contributed by atoms with Crippen LogP contribution in [-0.4, -0.2) is 19.3 Å². The highest BCUT2D eigenvalue weighted by Crippen LogP contribution is 2.32. The van der Waals surface area contributed by atoms with Crippen LogP contribution in [0.5, 0.6) is 17.2 Å². The van der Waals surface area contributed by atoms with Crippen molar-refractivity contribution in [3.05, 3.63) is 53.1 Å². The molecule has 0 radical (unpaired) electrons. The Kier molecular flexibility index (Phi) is 4.37. The van der Waals surface area contributed by atoms with Gasteiger partial charge in [0.05, 0.1) is 0 Å². The molecule has 1 aliphatic rings. The Labute approximate surface area is 135 Å². The van der Waals surface area contributed by atoms with Crippen LogP contribution in [0.25, 0.3) is 0 Å². The van der Waals surface area contributed by atoms with E-state index >= 15 is 0 Å². The van der Waals surface area contributed by atoms with Gasteiger partial charge in [-0.3, -0.25) is 4.79 Å². The van der Waals surface area contributed by atoms with Crippen LogP contribution in [0.15, 0.2) is 36.4 Å². The van der Waals surface area contributed by atoms with Gasteiger partial charge in [-0.25, -0.2) is 0 Å². The third-order valence-corrected chi connectivity index (χ3v) is 3.63. The maximum absolute atomic E-state index is 11.9. The number of ether oxygens (including phenoxy) is 3. The Morgan fingerprint density at radius 3 is 2.83 bits per heavy atom. The van der Waals surface area contributed by atoms with Crippen LogP contribution >= 0.6 is 0 Å². The van der Waals surface area contributed by atoms with Gasteiger partial charge in [0.2, 0.25) is 6.79 Å². The first-order chi connectivity index (χ1) is 11.1. The second-order valence-corrected chi connectivity index (χ2v) is 5.52. The lowest BCUT2D eigenvalue weighted by atomic mass is 10.1. The summed E-state index contributed by atoms with van der Waals surface area (Å²) < 4.78 is 16.2. The molecule has 0 atom stereocenters. The Morgan fingerprint density at radius 2 is 1.96 bits per heavy atom.